The largest absolute Gasteiger partial charge is 0.494 e. The van der Waals surface area contributed by atoms with E-state index < -0.39 is 11.6 Å². The molecule has 17 heavy (non-hydrogen) atoms. The van der Waals surface area contributed by atoms with Crippen molar-refractivity contribution in [1.29, 1.82) is 5.26 Å². The van der Waals surface area contributed by atoms with Crippen LogP contribution in [-0.4, -0.2) is 18.7 Å². The zero-order chi connectivity index (χ0) is 12.8. The number of ether oxygens (including phenoxy) is 1. The molecular weight excluding hydrogens is 244 g/mol. The van der Waals surface area contributed by atoms with Crippen LogP contribution >= 0.6 is 11.6 Å². The molecule has 7 heteroatoms. The molecule has 0 fully saturated rings. The Morgan fingerprint density at radius 3 is 2.88 bits per heavy atom. The number of anilines is 1. The summed E-state index contributed by atoms with van der Waals surface area (Å²) in [4.78, 5) is 10.7. The lowest BCUT2D eigenvalue weighted by Crippen LogP contribution is -2.22. The molecule has 6 nitrogen and oxygen atoms in total. The standard InChI is InChI=1S/C10H9ClN4O2/c1-17-9-4-6(11)2-3-7(9)14-15-8(5-12)10(13)16/h2-4,14H,1H3,(H2,13,16). The van der Waals surface area contributed by atoms with Crippen molar-refractivity contribution in [3.8, 4) is 11.8 Å². The van der Waals surface area contributed by atoms with E-state index in [0.29, 0.717) is 16.5 Å². The van der Waals surface area contributed by atoms with Gasteiger partial charge in [0.15, 0.2) is 0 Å². The van der Waals surface area contributed by atoms with Gasteiger partial charge in [0.1, 0.15) is 11.8 Å². The van der Waals surface area contributed by atoms with Gasteiger partial charge in [0, 0.05) is 11.1 Å². The zero-order valence-electron chi connectivity index (χ0n) is 8.90. The molecule has 1 amide bonds. The first-order chi connectivity index (χ1) is 8.08. The van der Waals surface area contributed by atoms with Crippen LogP contribution in [0.4, 0.5) is 5.69 Å². The maximum absolute atomic E-state index is 10.7. The maximum Gasteiger partial charge on any atom is 0.280 e. The lowest BCUT2D eigenvalue weighted by molar-refractivity contribution is -0.111. The maximum atomic E-state index is 10.7. The topological polar surface area (TPSA) is 100 Å². The quantitative estimate of drug-likeness (QED) is 0.619. The van der Waals surface area contributed by atoms with Crippen molar-refractivity contribution in [1.82, 2.24) is 0 Å². The molecule has 1 aromatic carbocycles. The van der Waals surface area contributed by atoms with E-state index in [9.17, 15) is 4.79 Å². The van der Waals surface area contributed by atoms with E-state index in [0.717, 1.165) is 0 Å². The number of nitriles is 1. The van der Waals surface area contributed by atoms with Gasteiger partial charge in [-0.05, 0) is 12.1 Å². The molecule has 1 aromatic rings. The SMILES string of the molecule is COc1cc(Cl)ccc1NN=C(C#N)C(N)=O. The van der Waals surface area contributed by atoms with Crippen molar-refractivity contribution in [2.24, 2.45) is 10.8 Å². The predicted octanol–water partition coefficient (Wildman–Crippen LogP) is 1.13. The Bertz CT molecular complexity index is 508. The Hall–Kier alpha value is -2.26. The van der Waals surface area contributed by atoms with Crippen molar-refractivity contribution >= 4 is 28.9 Å². The van der Waals surface area contributed by atoms with Crippen LogP contribution in [-0.2, 0) is 4.79 Å². The Kier molecular flexibility index (Phi) is 4.31. The van der Waals surface area contributed by atoms with Crippen molar-refractivity contribution in [2.45, 2.75) is 0 Å². The molecule has 0 aliphatic rings. The van der Waals surface area contributed by atoms with E-state index >= 15 is 0 Å². The Morgan fingerprint density at radius 2 is 2.35 bits per heavy atom. The Morgan fingerprint density at radius 1 is 1.65 bits per heavy atom. The first kappa shape index (κ1) is 12.8. The smallest absolute Gasteiger partial charge is 0.280 e. The molecule has 88 valence electrons. The highest BCUT2D eigenvalue weighted by Crippen LogP contribution is 2.27. The number of hydrazone groups is 1. The summed E-state index contributed by atoms with van der Waals surface area (Å²) < 4.78 is 5.04. The van der Waals surface area contributed by atoms with Gasteiger partial charge in [-0.1, -0.05) is 11.6 Å². The highest BCUT2D eigenvalue weighted by Gasteiger charge is 2.07. The molecule has 0 atom stereocenters. The van der Waals surface area contributed by atoms with E-state index in [-0.39, 0.29) is 0 Å². The van der Waals surface area contributed by atoms with E-state index in [1.165, 1.54) is 7.11 Å². The average Bonchev–Trinajstić information content (AvgIpc) is 2.31. The van der Waals surface area contributed by atoms with Crippen molar-refractivity contribution in [3.05, 3.63) is 23.2 Å². The van der Waals surface area contributed by atoms with Gasteiger partial charge < -0.3 is 10.5 Å². The molecule has 0 bridgehead atoms. The van der Waals surface area contributed by atoms with E-state index in [4.69, 9.17) is 27.3 Å². The van der Waals surface area contributed by atoms with Crippen LogP contribution in [0.2, 0.25) is 5.02 Å². The van der Waals surface area contributed by atoms with Gasteiger partial charge in [-0.2, -0.15) is 10.4 Å². The van der Waals surface area contributed by atoms with E-state index in [1.54, 1.807) is 24.3 Å². The highest BCUT2D eigenvalue weighted by atomic mass is 35.5. The number of methoxy groups -OCH3 is 1. The summed E-state index contributed by atoms with van der Waals surface area (Å²) in [5.41, 5.74) is 7.46. The summed E-state index contributed by atoms with van der Waals surface area (Å²) >= 11 is 5.77. The number of halogens is 1. The molecule has 0 aromatic heterocycles. The fourth-order valence-electron chi connectivity index (χ4n) is 1.01. The number of nitrogens with two attached hydrogens (primary N) is 1. The normalized spacial score (nSPS) is 10.5. The first-order valence-corrected chi connectivity index (χ1v) is 4.83. The summed E-state index contributed by atoms with van der Waals surface area (Å²) in [6, 6.07) is 6.34. The number of carbonyl (C=O) groups is 1. The molecular formula is C10H9ClN4O2. The second kappa shape index (κ2) is 5.72. The molecule has 0 saturated carbocycles. The third-order valence-corrected chi connectivity index (χ3v) is 2.03. The number of nitrogens with zero attached hydrogens (tertiary/aromatic N) is 2. The van der Waals surface area contributed by atoms with Crippen LogP contribution in [0.25, 0.3) is 0 Å². The molecule has 3 N–H and O–H groups in total. The number of amides is 1. The molecule has 0 heterocycles. The van der Waals surface area contributed by atoms with Gasteiger partial charge in [0.2, 0.25) is 5.71 Å². The number of carbonyl (C=O) groups excluding carboxylic acids is 1. The fourth-order valence-corrected chi connectivity index (χ4v) is 1.17. The minimum absolute atomic E-state index is 0.429. The van der Waals surface area contributed by atoms with Gasteiger partial charge in [-0.3, -0.25) is 10.2 Å². The molecule has 0 saturated heterocycles. The van der Waals surface area contributed by atoms with Crippen LogP contribution < -0.4 is 15.9 Å². The van der Waals surface area contributed by atoms with Crippen molar-refractivity contribution < 1.29 is 9.53 Å². The van der Waals surface area contributed by atoms with Crippen LogP contribution in [0, 0.1) is 11.3 Å². The number of primary amides is 1. The number of nitrogens with one attached hydrogen (secondary N) is 1. The zero-order valence-corrected chi connectivity index (χ0v) is 9.65. The average molecular weight is 253 g/mol. The molecule has 0 unspecified atom stereocenters. The number of hydrogen-bond acceptors (Lipinski definition) is 5. The van der Waals surface area contributed by atoms with Gasteiger partial charge in [-0.15, -0.1) is 0 Å². The lowest BCUT2D eigenvalue weighted by atomic mass is 10.3. The lowest BCUT2D eigenvalue weighted by Gasteiger charge is -2.07. The van der Waals surface area contributed by atoms with E-state index in [2.05, 4.69) is 10.5 Å². The summed E-state index contributed by atoms with van der Waals surface area (Å²) in [5.74, 6) is -0.476. The number of hydrogen-bond donors (Lipinski definition) is 2. The van der Waals surface area contributed by atoms with Gasteiger partial charge >= 0.3 is 0 Å². The van der Waals surface area contributed by atoms with Gasteiger partial charge in [-0.25, -0.2) is 0 Å². The molecule has 0 radical (unpaired) electrons. The third kappa shape index (κ3) is 3.36. The molecule has 0 aliphatic heterocycles. The predicted molar refractivity (Wildman–Crippen MR) is 63.9 cm³/mol. The van der Waals surface area contributed by atoms with Crippen LogP contribution in [0.5, 0.6) is 5.75 Å². The summed E-state index contributed by atoms with van der Waals surface area (Å²) in [5, 5.41) is 12.6. The minimum atomic E-state index is -0.909. The number of rotatable bonds is 4. The molecule has 1 rings (SSSR count). The first-order valence-electron chi connectivity index (χ1n) is 4.45. The summed E-state index contributed by atoms with van der Waals surface area (Å²) in [7, 11) is 1.46. The fraction of sp³-hybridized carbons (Fsp3) is 0.100. The van der Waals surface area contributed by atoms with Gasteiger partial charge in [0.25, 0.3) is 5.91 Å². The molecule has 0 aliphatic carbocycles. The highest BCUT2D eigenvalue weighted by molar-refractivity contribution is 6.44. The van der Waals surface area contributed by atoms with Gasteiger partial charge in [0.05, 0.1) is 12.8 Å². The summed E-state index contributed by atoms with van der Waals surface area (Å²) in [6.07, 6.45) is 0. The van der Waals surface area contributed by atoms with Crippen LogP contribution in [0.1, 0.15) is 0 Å². The van der Waals surface area contributed by atoms with Crippen LogP contribution in [0.15, 0.2) is 23.3 Å². The second-order valence-corrected chi connectivity index (χ2v) is 3.33. The summed E-state index contributed by atoms with van der Waals surface area (Å²) in [6.45, 7) is 0. The third-order valence-electron chi connectivity index (χ3n) is 1.79. The monoisotopic (exact) mass is 252 g/mol. The van der Waals surface area contributed by atoms with Crippen LogP contribution in [0.3, 0.4) is 0 Å². The van der Waals surface area contributed by atoms with Crippen molar-refractivity contribution in [3.63, 3.8) is 0 Å². The Labute approximate surface area is 103 Å². The minimum Gasteiger partial charge on any atom is -0.494 e. The number of benzene rings is 1. The van der Waals surface area contributed by atoms with E-state index in [1.807, 2.05) is 0 Å². The Balaban J connectivity index is 2.97. The van der Waals surface area contributed by atoms with Crippen molar-refractivity contribution in [2.75, 3.05) is 12.5 Å². The second-order valence-electron chi connectivity index (χ2n) is 2.89. The molecule has 0 spiro atoms.